The molecule has 0 aromatic heterocycles. The molecule has 1 aliphatic heterocycles. The predicted molar refractivity (Wildman–Crippen MR) is 94.9 cm³/mol. The number of fused-ring (bicyclic) bond motifs is 1. The van der Waals surface area contributed by atoms with Crippen LogP contribution in [0.1, 0.15) is 24.0 Å². The van der Waals surface area contributed by atoms with Gasteiger partial charge in [-0.1, -0.05) is 24.3 Å². The van der Waals surface area contributed by atoms with Crippen molar-refractivity contribution >= 4 is 17.8 Å². The van der Waals surface area contributed by atoms with Crippen LogP contribution in [0.15, 0.2) is 29.3 Å². The van der Waals surface area contributed by atoms with Crippen molar-refractivity contribution in [2.75, 3.05) is 19.6 Å². The maximum atomic E-state index is 12.2. The van der Waals surface area contributed by atoms with Gasteiger partial charge >= 0.3 is 5.97 Å². The van der Waals surface area contributed by atoms with Gasteiger partial charge in [-0.2, -0.15) is 0 Å². The topological polar surface area (TPSA) is 134 Å². The quantitative estimate of drug-likeness (QED) is 0.289. The molecule has 1 atom stereocenters. The van der Waals surface area contributed by atoms with E-state index in [0.717, 1.165) is 13.0 Å². The molecule has 8 nitrogen and oxygen atoms in total. The van der Waals surface area contributed by atoms with Crippen molar-refractivity contribution in [1.82, 2.24) is 10.2 Å². The highest BCUT2D eigenvalue weighted by molar-refractivity contribution is 5.84. The smallest absolute Gasteiger partial charge is 0.326 e. The molecule has 1 aromatic carbocycles. The number of guanidine groups is 1. The van der Waals surface area contributed by atoms with E-state index in [0.29, 0.717) is 19.5 Å². The molecule has 1 aliphatic rings. The Morgan fingerprint density at radius 1 is 1.28 bits per heavy atom. The molecule has 1 amide bonds. The first-order valence-corrected chi connectivity index (χ1v) is 8.32. The molecule has 1 aromatic rings. The van der Waals surface area contributed by atoms with Gasteiger partial charge in [0.25, 0.3) is 0 Å². The molecule has 25 heavy (non-hydrogen) atoms. The summed E-state index contributed by atoms with van der Waals surface area (Å²) in [6.45, 7) is 2.01. The van der Waals surface area contributed by atoms with Gasteiger partial charge in [-0.15, -0.1) is 0 Å². The average molecular weight is 347 g/mol. The fraction of sp³-hybridized carbons (Fsp3) is 0.471. The molecular weight excluding hydrogens is 322 g/mol. The Morgan fingerprint density at radius 3 is 2.68 bits per heavy atom. The first kappa shape index (κ1) is 18.7. The lowest BCUT2D eigenvalue weighted by molar-refractivity contribution is -0.142. The van der Waals surface area contributed by atoms with Crippen molar-refractivity contribution in [3.63, 3.8) is 0 Å². The number of aliphatic carboxylic acids is 1. The van der Waals surface area contributed by atoms with Gasteiger partial charge in [-0.25, -0.2) is 4.79 Å². The molecule has 0 saturated carbocycles. The largest absolute Gasteiger partial charge is 0.480 e. The van der Waals surface area contributed by atoms with E-state index in [-0.39, 0.29) is 24.8 Å². The van der Waals surface area contributed by atoms with E-state index >= 15 is 0 Å². The summed E-state index contributed by atoms with van der Waals surface area (Å²) in [5.41, 5.74) is 13.0. The van der Waals surface area contributed by atoms with Crippen LogP contribution in [0.25, 0.3) is 0 Å². The third kappa shape index (κ3) is 6.07. The molecule has 6 N–H and O–H groups in total. The third-order valence-electron chi connectivity index (χ3n) is 4.16. The Morgan fingerprint density at radius 2 is 2.00 bits per heavy atom. The Hall–Kier alpha value is -2.61. The van der Waals surface area contributed by atoms with Crippen molar-refractivity contribution in [2.24, 2.45) is 16.5 Å². The van der Waals surface area contributed by atoms with Crippen LogP contribution in [0, 0.1) is 0 Å². The number of amides is 1. The minimum Gasteiger partial charge on any atom is -0.480 e. The highest BCUT2D eigenvalue weighted by Gasteiger charge is 2.22. The van der Waals surface area contributed by atoms with E-state index in [1.165, 1.54) is 11.1 Å². The molecule has 0 aliphatic carbocycles. The van der Waals surface area contributed by atoms with Gasteiger partial charge in [0.15, 0.2) is 5.96 Å². The van der Waals surface area contributed by atoms with E-state index < -0.39 is 12.0 Å². The number of carboxylic acids is 1. The normalized spacial score (nSPS) is 15.0. The van der Waals surface area contributed by atoms with Gasteiger partial charge in [0.05, 0.1) is 6.54 Å². The molecule has 136 valence electrons. The molecular formula is C17H25N5O3. The SMILES string of the molecule is NC(N)=NCCCC(NC(=O)CN1CCc2ccccc2C1)C(=O)O. The van der Waals surface area contributed by atoms with Crippen LogP contribution < -0.4 is 16.8 Å². The van der Waals surface area contributed by atoms with Crippen molar-refractivity contribution < 1.29 is 14.7 Å². The maximum Gasteiger partial charge on any atom is 0.326 e. The number of benzene rings is 1. The predicted octanol–water partition coefficient (Wildman–Crippen LogP) is -0.332. The zero-order chi connectivity index (χ0) is 18.2. The van der Waals surface area contributed by atoms with Gasteiger partial charge in [0.1, 0.15) is 6.04 Å². The minimum atomic E-state index is -1.05. The fourth-order valence-corrected chi connectivity index (χ4v) is 2.89. The number of hydrogen-bond acceptors (Lipinski definition) is 4. The highest BCUT2D eigenvalue weighted by atomic mass is 16.4. The summed E-state index contributed by atoms with van der Waals surface area (Å²) in [6.07, 6.45) is 1.65. The molecule has 1 heterocycles. The van der Waals surface area contributed by atoms with E-state index in [9.17, 15) is 14.7 Å². The zero-order valence-electron chi connectivity index (χ0n) is 14.1. The van der Waals surface area contributed by atoms with E-state index in [2.05, 4.69) is 22.4 Å². The first-order chi connectivity index (χ1) is 12.0. The van der Waals surface area contributed by atoms with Gasteiger partial charge in [0, 0.05) is 19.6 Å². The van der Waals surface area contributed by atoms with Gasteiger partial charge < -0.3 is 21.9 Å². The number of nitrogens with two attached hydrogens (primary N) is 2. The molecule has 0 saturated heterocycles. The molecule has 8 heteroatoms. The van der Waals surface area contributed by atoms with Crippen molar-refractivity contribution in [3.8, 4) is 0 Å². The van der Waals surface area contributed by atoms with Crippen molar-refractivity contribution in [2.45, 2.75) is 31.8 Å². The standard InChI is InChI=1S/C17H25N5O3/c18-17(19)20-8-3-6-14(16(24)25)21-15(23)11-22-9-7-12-4-1-2-5-13(12)10-22/h1-2,4-5,14H,3,6-11H2,(H,21,23)(H,24,25)(H4,18,19,20). The highest BCUT2D eigenvalue weighted by Crippen LogP contribution is 2.17. The lowest BCUT2D eigenvalue weighted by Gasteiger charge is -2.28. The average Bonchev–Trinajstić information content (AvgIpc) is 2.57. The van der Waals surface area contributed by atoms with Gasteiger partial charge in [0.2, 0.25) is 5.91 Å². The van der Waals surface area contributed by atoms with Crippen LogP contribution in [0.5, 0.6) is 0 Å². The molecule has 0 spiro atoms. The van der Waals surface area contributed by atoms with Crippen LogP contribution in [0.4, 0.5) is 0 Å². The first-order valence-electron chi connectivity index (χ1n) is 8.32. The number of hydrogen-bond donors (Lipinski definition) is 4. The minimum absolute atomic E-state index is 0.0266. The summed E-state index contributed by atoms with van der Waals surface area (Å²) in [5, 5.41) is 11.8. The Balaban J connectivity index is 1.81. The fourth-order valence-electron chi connectivity index (χ4n) is 2.89. The van der Waals surface area contributed by atoms with Crippen molar-refractivity contribution in [1.29, 1.82) is 0 Å². The number of nitrogens with zero attached hydrogens (tertiary/aromatic N) is 2. The second kappa shape index (κ2) is 9.03. The number of aliphatic imine (C=N–C) groups is 1. The number of carboxylic acid groups (broad SMARTS) is 1. The summed E-state index contributed by atoms with van der Waals surface area (Å²) >= 11 is 0. The second-order valence-corrected chi connectivity index (χ2v) is 6.14. The molecule has 0 radical (unpaired) electrons. The van der Waals surface area contributed by atoms with Gasteiger partial charge in [-0.05, 0) is 30.4 Å². The molecule has 2 rings (SSSR count). The number of rotatable bonds is 8. The van der Waals surface area contributed by atoms with Crippen LogP contribution in [0.3, 0.4) is 0 Å². The summed E-state index contributed by atoms with van der Waals surface area (Å²) in [5.74, 6) is -1.36. The summed E-state index contributed by atoms with van der Waals surface area (Å²) in [4.78, 5) is 29.3. The zero-order valence-corrected chi connectivity index (χ0v) is 14.1. The van der Waals surface area contributed by atoms with Crippen LogP contribution >= 0.6 is 0 Å². The van der Waals surface area contributed by atoms with Gasteiger partial charge in [-0.3, -0.25) is 14.7 Å². The molecule has 1 unspecified atom stereocenters. The molecule has 0 bridgehead atoms. The Labute approximate surface area is 146 Å². The number of carbonyl (C=O) groups is 2. The maximum absolute atomic E-state index is 12.2. The van der Waals surface area contributed by atoms with E-state index in [1.54, 1.807) is 0 Å². The van der Waals surface area contributed by atoms with Crippen LogP contribution in [-0.4, -0.2) is 53.5 Å². The molecule has 0 fully saturated rings. The summed E-state index contributed by atoms with van der Waals surface area (Å²) in [7, 11) is 0. The van der Waals surface area contributed by atoms with Crippen molar-refractivity contribution in [3.05, 3.63) is 35.4 Å². The third-order valence-corrected chi connectivity index (χ3v) is 4.16. The Kier molecular flexibility index (Phi) is 6.76. The number of carbonyl (C=O) groups excluding carboxylic acids is 1. The summed E-state index contributed by atoms with van der Waals surface area (Å²) < 4.78 is 0. The number of nitrogens with one attached hydrogen (secondary N) is 1. The van der Waals surface area contributed by atoms with Crippen LogP contribution in [0.2, 0.25) is 0 Å². The lowest BCUT2D eigenvalue weighted by Crippen LogP contribution is -2.46. The summed E-state index contributed by atoms with van der Waals surface area (Å²) in [6, 6.07) is 7.23. The second-order valence-electron chi connectivity index (χ2n) is 6.14. The van der Waals surface area contributed by atoms with E-state index in [4.69, 9.17) is 11.5 Å². The van der Waals surface area contributed by atoms with E-state index in [1.807, 2.05) is 17.0 Å². The monoisotopic (exact) mass is 347 g/mol. The van der Waals surface area contributed by atoms with Crippen LogP contribution in [-0.2, 0) is 22.6 Å². The Bertz CT molecular complexity index is 643. The lowest BCUT2D eigenvalue weighted by atomic mass is 10.00.